The summed E-state index contributed by atoms with van der Waals surface area (Å²) < 4.78 is 0. The van der Waals surface area contributed by atoms with Gasteiger partial charge in [-0.3, -0.25) is 4.79 Å². The van der Waals surface area contributed by atoms with E-state index in [-0.39, 0.29) is 6.32 Å². The molecule has 0 radical (unpaired) electrons. The average Bonchev–Trinajstić information content (AvgIpc) is 3.38. The predicted octanol–water partition coefficient (Wildman–Crippen LogP) is 0.295. The molecule has 0 amide bonds. The van der Waals surface area contributed by atoms with Gasteiger partial charge >= 0.3 is 13.1 Å². The zero-order chi connectivity index (χ0) is 21.1. The maximum Gasteiger partial charge on any atom is 0.451 e. The van der Waals surface area contributed by atoms with Gasteiger partial charge in [-0.25, -0.2) is 0 Å². The number of carbonyl (C=O) groups is 1. The molecule has 168 valence electrons. The van der Waals surface area contributed by atoms with E-state index in [9.17, 15) is 9.90 Å². The summed E-state index contributed by atoms with van der Waals surface area (Å²) in [6, 6.07) is 0. The van der Waals surface area contributed by atoms with Crippen LogP contribution in [0.3, 0.4) is 0 Å². The number of nitrogens with two attached hydrogens (primary N) is 1. The second-order valence-corrected chi connectivity index (χ2v) is 8.88. The van der Waals surface area contributed by atoms with Crippen LogP contribution >= 0.6 is 0 Å². The van der Waals surface area contributed by atoms with Gasteiger partial charge in [0.05, 0.1) is 0 Å². The van der Waals surface area contributed by atoms with Crippen LogP contribution in [0.4, 0.5) is 0 Å². The van der Waals surface area contributed by atoms with Crippen LogP contribution < -0.4 is 5.73 Å². The summed E-state index contributed by atoms with van der Waals surface area (Å²) >= 11 is 0. The van der Waals surface area contributed by atoms with Gasteiger partial charge in [-0.1, -0.05) is 12.8 Å². The van der Waals surface area contributed by atoms with Crippen molar-refractivity contribution in [3.63, 3.8) is 0 Å². The largest absolute Gasteiger partial charge is 0.480 e. The lowest BCUT2D eigenvalue weighted by atomic mass is 9.81. The van der Waals surface area contributed by atoms with Gasteiger partial charge in [-0.2, -0.15) is 0 Å². The van der Waals surface area contributed by atoms with Crippen molar-refractivity contribution in [1.82, 2.24) is 14.7 Å². The van der Waals surface area contributed by atoms with E-state index in [0.29, 0.717) is 32.2 Å². The van der Waals surface area contributed by atoms with E-state index in [0.717, 1.165) is 26.2 Å². The topological polar surface area (TPSA) is 113 Å². The Morgan fingerprint density at radius 2 is 1.41 bits per heavy atom. The van der Waals surface area contributed by atoms with Crippen molar-refractivity contribution in [3.05, 3.63) is 0 Å². The highest BCUT2D eigenvalue weighted by atomic mass is 16.4. The number of aliphatic carboxylic acids is 1. The molecule has 0 saturated carbocycles. The minimum atomic E-state index is -1.33. The summed E-state index contributed by atoms with van der Waals surface area (Å²) in [5.74, 6) is -0.957. The third kappa shape index (κ3) is 9.32. The normalized spacial score (nSPS) is 20.4. The Hall–Kier alpha value is -0.705. The summed E-state index contributed by atoms with van der Waals surface area (Å²) in [5.41, 5.74) is 5.02. The van der Waals surface area contributed by atoms with E-state index in [1.54, 1.807) is 0 Å². The van der Waals surface area contributed by atoms with Crippen molar-refractivity contribution in [2.45, 2.75) is 63.2 Å². The summed E-state index contributed by atoms with van der Waals surface area (Å²) in [5, 5.41) is 27.6. The number of nitrogens with zero attached hydrogens (tertiary/aromatic N) is 3. The Kier molecular flexibility index (Phi) is 10.9. The molecule has 2 aliphatic rings. The number of unbranched alkanes of at least 4 members (excludes halogenated alkanes) is 1. The van der Waals surface area contributed by atoms with E-state index in [1.807, 2.05) is 0 Å². The van der Waals surface area contributed by atoms with Gasteiger partial charge in [-0.05, 0) is 71.0 Å². The molecule has 1 atom stereocenters. The third-order valence-corrected chi connectivity index (χ3v) is 6.50. The van der Waals surface area contributed by atoms with Crippen LogP contribution in [-0.4, -0.2) is 107 Å². The first kappa shape index (κ1) is 24.6. The first-order chi connectivity index (χ1) is 13.9. The molecule has 2 rings (SSSR count). The predicted molar refractivity (Wildman–Crippen MR) is 116 cm³/mol. The van der Waals surface area contributed by atoms with Crippen LogP contribution in [0.25, 0.3) is 0 Å². The highest BCUT2D eigenvalue weighted by Gasteiger charge is 2.33. The highest BCUT2D eigenvalue weighted by Crippen LogP contribution is 2.19. The lowest BCUT2D eigenvalue weighted by Gasteiger charge is -2.31. The molecule has 8 nitrogen and oxygen atoms in total. The molecule has 0 bridgehead atoms. The van der Waals surface area contributed by atoms with E-state index < -0.39 is 18.6 Å². The molecule has 0 aromatic carbocycles. The van der Waals surface area contributed by atoms with Crippen molar-refractivity contribution < 1.29 is 19.9 Å². The number of hydrogen-bond donors (Lipinski definition) is 4. The second kappa shape index (κ2) is 12.9. The maximum absolute atomic E-state index is 11.8. The molecule has 0 aliphatic carbocycles. The van der Waals surface area contributed by atoms with Crippen molar-refractivity contribution in [1.29, 1.82) is 0 Å². The quantitative estimate of drug-likeness (QED) is 0.224. The number of rotatable bonds is 15. The van der Waals surface area contributed by atoms with Crippen LogP contribution in [-0.2, 0) is 4.79 Å². The average molecular weight is 412 g/mol. The Morgan fingerprint density at radius 1 is 0.897 bits per heavy atom. The number of hydrogen-bond acceptors (Lipinski definition) is 7. The molecule has 2 heterocycles. The van der Waals surface area contributed by atoms with Crippen LogP contribution in [0.5, 0.6) is 0 Å². The number of likely N-dealkylation sites (tertiary alicyclic amines) is 2. The molecule has 2 saturated heterocycles. The number of carboxylic acids is 1. The second-order valence-electron chi connectivity index (χ2n) is 8.88. The minimum Gasteiger partial charge on any atom is -0.480 e. The Bertz CT molecular complexity index is 453. The first-order valence-corrected chi connectivity index (χ1v) is 11.4. The molecule has 0 aromatic heterocycles. The van der Waals surface area contributed by atoms with Gasteiger partial charge in [0, 0.05) is 32.7 Å². The number of carboxylic acid groups (broad SMARTS) is 1. The van der Waals surface area contributed by atoms with Gasteiger partial charge in [-0.15, -0.1) is 0 Å². The van der Waals surface area contributed by atoms with E-state index in [4.69, 9.17) is 15.8 Å². The van der Waals surface area contributed by atoms with Gasteiger partial charge in [0.15, 0.2) is 0 Å². The summed E-state index contributed by atoms with van der Waals surface area (Å²) in [7, 11) is -1.33. The summed E-state index contributed by atoms with van der Waals surface area (Å²) in [4.78, 5) is 19.2. The first-order valence-electron chi connectivity index (χ1n) is 11.4. The lowest BCUT2D eigenvalue weighted by molar-refractivity contribution is -0.144. The molecule has 5 N–H and O–H groups in total. The fourth-order valence-corrected chi connectivity index (χ4v) is 4.38. The van der Waals surface area contributed by atoms with Crippen LogP contribution in [0.1, 0.15) is 51.4 Å². The Labute approximate surface area is 176 Å². The van der Waals surface area contributed by atoms with E-state index in [2.05, 4.69) is 14.7 Å². The molecule has 29 heavy (non-hydrogen) atoms. The SMILES string of the molecule is NC(CCCCB(O)O)(CCN(CCN1CCCC1)CCN1CCCC1)C(=O)O. The molecule has 2 fully saturated rings. The van der Waals surface area contributed by atoms with Crippen molar-refractivity contribution >= 4 is 13.1 Å². The van der Waals surface area contributed by atoms with Gasteiger partial charge < -0.3 is 35.6 Å². The molecular weight excluding hydrogens is 371 g/mol. The zero-order valence-corrected chi connectivity index (χ0v) is 18.0. The lowest BCUT2D eigenvalue weighted by Crippen LogP contribution is -2.51. The van der Waals surface area contributed by atoms with Crippen molar-refractivity contribution in [2.75, 3.05) is 58.9 Å². The summed E-state index contributed by atoms with van der Waals surface area (Å²) in [6.07, 6.45) is 7.31. The van der Waals surface area contributed by atoms with E-state index >= 15 is 0 Å². The van der Waals surface area contributed by atoms with Crippen LogP contribution in [0, 0.1) is 0 Å². The molecule has 1 unspecified atom stereocenters. The zero-order valence-electron chi connectivity index (χ0n) is 18.0. The molecule has 2 aliphatic heterocycles. The summed E-state index contributed by atoms with van der Waals surface area (Å²) in [6.45, 7) is 9.38. The van der Waals surface area contributed by atoms with Gasteiger partial charge in [0.1, 0.15) is 5.54 Å². The molecule has 9 heteroatoms. The highest BCUT2D eigenvalue weighted by molar-refractivity contribution is 6.40. The smallest absolute Gasteiger partial charge is 0.451 e. The third-order valence-electron chi connectivity index (χ3n) is 6.50. The molecule has 0 aromatic rings. The molecule has 0 spiro atoms. The van der Waals surface area contributed by atoms with Crippen molar-refractivity contribution in [2.24, 2.45) is 5.73 Å². The van der Waals surface area contributed by atoms with Crippen molar-refractivity contribution in [3.8, 4) is 0 Å². The van der Waals surface area contributed by atoms with Crippen LogP contribution in [0.15, 0.2) is 0 Å². The fourth-order valence-electron chi connectivity index (χ4n) is 4.38. The molecular formula is C20H41BN4O4. The maximum atomic E-state index is 11.8. The fraction of sp³-hybridized carbons (Fsp3) is 0.950. The Morgan fingerprint density at radius 3 is 1.86 bits per heavy atom. The van der Waals surface area contributed by atoms with E-state index in [1.165, 1.54) is 51.9 Å². The monoisotopic (exact) mass is 412 g/mol. The minimum absolute atomic E-state index is 0.257. The van der Waals surface area contributed by atoms with Crippen LogP contribution in [0.2, 0.25) is 6.32 Å². The Balaban J connectivity index is 1.82. The van der Waals surface area contributed by atoms with Gasteiger partial charge in [0.2, 0.25) is 0 Å². The standard InChI is InChI=1S/C20H41BN4O4/c22-20(19(26)27,7-1-2-9-21(28)29)8-14-25(17-15-23-10-3-4-11-23)18-16-24-12-5-6-13-24/h28-29H,1-18,22H2,(H,26,27). The van der Waals surface area contributed by atoms with Gasteiger partial charge in [0.25, 0.3) is 0 Å².